The molecule has 0 spiro atoms. The number of amides is 2. The van der Waals surface area contributed by atoms with Crippen molar-refractivity contribution in [2.75, 3.05) is 44.9 Å². The third-order valence-electron chi connectivity index (χ3n) is 5.40. The Kier molecular flexibility index (Phi) is 5.11. The quantitative estimate of drug-likeness (QED) is 0.613. The molecule has 0 radical (unpaired) electrons. The molecule has 28 heavy (non-hydrogen) atoms. The van der Waals surface area contributed by atoms with Gasteiger partial charge in [0, 0.05) is 20.2 Å². The molecule has 3 aliphatic rings. The molecule has 4 rings (SSSR count). The van der Waals surface area contributed by atoms with E-state index in [2.05, 4.69) is 15.2 Å². The molecule has 2 amide bonds. The fourth-order valence-corrected chi connectivity index (χ4v) is 3.38. The topological polar surface area (TPSA) is 116 Å². The number of primary amides is 1. The standard InChI is InChI=1S/C19H26N4O5/c1-26-13-7-23(8-13)15-5-4-14(21-18(15)28-9-12-2-3-12)17(25)22-19(6-16(20)24)10-27-11-19/h4-5,12-13H,2-3,6-11H2,1H3,(H2,20,24)(H,22,25). The Bertz CT molecular complexity index is 757. The summed E-state index contributed by atoms with van der Waals surface area (Å²) < 4.78 is 16.5. The van der Waals surface area contributed by atoms with E-state index in [1.807, 2.05) is 6.07 Å². The molecular weight excluding hydrogens is 364 g/mol. The molecule has 0 bridgehead atoms. The molecule has 3 fully saturated rings. The van der Waals surface area contributed by atoms with Crippen molar-refractivity contribution < 1.29 is 23.8 Å². The van der Waals surface area contributed by atoms with Gasteiger partial charge in [0.1, 0.15) is 11.4 Å². The monoisotopic (exact) mass is 390 g/mol. The number of pyridine rings is 1. The summed E-state index contributed by atoms with van der Waals surface area (Å²) in [5.41, 5.74) is 5.66. The highest BCUT2D eigenvalue weighted by Crippen LogP contribution is 2.34. The average Bonchev–Trinajstić information content (AvgIpc) is 3.41. The lowest BCUT2D eigenvalue weighted by Gasteiger charge is -2.41. The van der Waals surface area contributed by atoms with Gasteiger partial charge in [-0.1, -0.05) is 0 Å². The number of hydrogen-bond acceptors (Lipinski definition) is 7. The number of nitrogens with one attached hydrogen (secondary N) is 1. The maximum atomic E-state index is 12.7. The van der Waals surface area contributed by atoms with Gasteiger partial charge in [-0.05, 0) is 30.9 Å². The molecule has 1 aromatic rings. The predicted molar refractivity (Wildman–Crippen MR) is 100 cm³/mol. The highest BCUT2D eigenvalue weighted by atomic mass is 16.5. The molecule has 0 atom stereocenters. The number of nitrogens with zero attached hydrogens (tertiary/aromatic N) is 2. The van der Waals surface area contributed by atoms with E-state index in [-0.39, 0.29) is 37.3 Å². The summed E-state index contributed by atoms with van der Waals surface area (Å²) in [6.07, 6.45) is 2.57. The second-order valence-corrected chi connectivity index (χ2v) is 7.91. The van der Waals surface area contributed by atoms with Gasteiger partial charge >= 0.3 is 0 Å². The summed E-state index contributed by atoms with van der Waals surface area (Å²) in [7, 11) is 1.70. The summed E-state index contributed by atoms with van der Waals surface area (Å²) in [5, 5.41) is 2.86. The van der Waals surface area contributed by atoms with Crippen molar-refractivity contribution >= 4 is 17.5 Å². The summed E-state index contributed by atoms with van der Waals surface area (Å²) in [5.74, 6) is 0.181. The Hall–Kier alpha value is -2.39. The van der Waals surface area contributed by atoms with Crippen LogP contribution in [0.1, 0.15) is 29.8 Å². The van der Waals surface area contributed by atoms with Crippen LogP contribution in [0, 0.1) is 5.92 Å². The molecule has 1 saturated carbocycles. The van der Waals surface area contributed by atoms with Crippen molar-refractivity contribution in [2.24, 2.45) is 11.7 Å². The number of carbonyl (C=O) groups is 2. The van der Waals surface area contributed by atoms with E-state index in [1.54, 1.807) is 13.2 Å². The van der Waals surface area contributed by atoms with Crippen molar-refractivity contribution in [3.63, 3.8) is 0 Å². The predicted octanol–water partition coefficient (Wildman–Crippen LogP) is 0.0796. The van der Waals surface area contributed by atoms with Crippen LogP contribution in [0.25, 0.3) is 0 Å². The number of rotatable bonds is 9. The SMILES string of the molecule is COC1CN(c2ccc(C(=O)NC3(CC(N)=O)COC3)nc2OCC2CC2)C1. The van der Waals surface area contributed by atoms with Gasteiger partial charge in [-0.15, -0.1) is 0 Å². The zero-order valence-corrected chi connectivity index (χ0v) is 16.0. The fraction of sp³-hybridized carbons (Fsp3) is 0.632. The van der Waals surface area contributed by atoms with Crippen LogP contribution in [0.2, 0.25) is 0 Å². The van der Waals surface area contributed by atoms with Crippen LogP contribution in [-0.2, 0) is 14.3 Å². The van der Waals surface area contributed by atoms with Crippen LogP contribution >= 0.6 is 0 Å². The molecule has 0 unspecified atom stereocenters. The number of nitrogens with two attached hydrogens (primary N) is 1. The molecule has 1 aromatic heterocycles. The van der Waals surface area contributed by atoms with Gasteiger partial charge in [-0.2, -0.15) is 0 Å². The molecule has 3 N–H and O–H groups in total. The van der Waals surface area contributed by atoms with Gasteiger partial charge in [-0.25, -0.2) is 4.98 Å². The summed E-state index contributed by atoms with van der Waals surface area (Å²) >= 11 is 0. The van der Waals surface area contributed by atoms with Crippen molar-refractivity contribution in [2.45, 2.75) is 30.9 Å². The second kappa shape index (κ2) is 7.56. The van der Waals surface area contributed by atoms with E-state index in [9.17, 15) is 9.59 Å². The van der Waals surface area contributed by atoms with Gasteiger partial charge in [0.05, 0.1) is 37.9 Å². The van der Waals surface area contributed by atoms with Gasteiger partial charge < -0.3 is 30.2 Å². The van der Waals surface area contributed by atoms with Crippen LogP contribution in [0.4, 0.5) is 5.69 Å². The lowest BCUT2D eigenvalue weighted by atomic mass is 9.92. The van der Waals surface area contributed by atoms with E-state index in [4.69, 9.17) is 19.9 Å². The first-order valence-corrected chi connectivity index (χ1v) is 9.58. The Morgan fingerprint density at radius 3 is 2.68 bits per heavy atom. The van der Waals surface area contributed by atoms with Crippen molar-refractivity contribution in [3.05, 3.63) is 17.8 Å². The minimum Gasteiger partial charge on any atom is -0.476 e. The second-order valence-electron chi connectivity index (χ2n) is 7.91. The van der Waals surface area contributed by atoms with Crippen molar-refractivity contribution in [3.8, 4) is 5.88 Å². The number of carbonyl (C=O) groups excluding carboxylic acids is 2. The lowest BCUT2D eigenvalue weighted by molar-refractivity contribution is -0.127. The highest BCUT2D eigenvalue weighted by Gasteiger charge is 2.42. The number of ether oxygens (including phenoxy) is 3. The molecule has 0 aromatic carbocycles. The smallest absolute Gasteiger partial charge is 0.270 e. The first kappa shape index (κ1) is 18.9. The van der Waals surface area contributed by atoms with Crippen LogP contribution in [0.15, 0.2) is 12.1 Å². The molecule has 1 aliphatic carbocycles. The number of aromatic nitrogens is 1. The Morgan fingerprint density at radius 2 is 2.11 bits per heavy atom. The fourth-order valence-electron chi connectivity index (χ4n) is 3.38. The Morgan fingerprint density at radius 1 is 1.36 bits per heavy atom. The van der Waals surface area contributed by atoms with E-state index in [0.29, 0.717) is 18.4 Å². The number of anilines is 1. The van der Waals surface area contributed by atoms with E-state index < -0.39 is 11.4 Å². The van der Waals surface area contributed by atoms with Crippen LogP contribution < -0.4 is 20.7 Å². The van der Waals surface area contributed by atoms with Crippen LogP contribution in [0.5, 0.6) is 5.88 Å². The molecule has 2 aliphatic heterocycles. The summed E-state index contributed by atoms with van der Waals surface area (Å²) in [6.45, 7) is 2.66. The Labute approximate surface area is 163 Å². The minimum atomic E-state index is -0.749. The third kappa shape index (κ3) is 4.05. The minimum absolute atomic E-state index is 0.0358. The third-order valence-corrected chi connectivity index (χ3v) is 5.40. The molecule has 2 saturated heterocycles. The van der Waals surface area contributed by atoms with E-state index in [0.717, 1.165) is 18.8 Å². The summed E-state index contributed by atoms with van der Waals surface area (Å²) in [4.78, 5) is 30.6. The van der Waals surface area contributed by atoms with Gasteiger partial charge in [0.2, 0.25) is 11.8 Å². The summed E-state index contributed by atoms with van der Waals surface area (Å²) in [6, 6.07) is 3.53. The lowest BCUT2D eigenvalue weighted by Crippen LogP contribution is -2.63. The van der Waals surface area contributed by atoms with E-state index in [1.165, 1.54) is 12.8 Å². The van der Waals surface area contributed by atoms with Gasteiger partial charge in [0.15, 0.2) is 0 Å². The van der Waals surface area contributed by atoms with Gasteiger partial charge in [0.25, 0.3) is 5.91 Å². The maximum Gasteiger partial charge on any atom is 0.270 e. The number of methoxy groups -OCH3 is 1. The van der Waals surface area contributed by atoms with Crippen molar-refractivity contribution in [1.82, 2.24) is 10.3 Å². The van der Waals surface area contributed by atoms with Crippen LogP contribution in [0.3, 0.4) is 0 Å². The zero-order valence-electron chi connectivity index (χ0n) is 16.0. The largest absolute Gasteiger partial charge is 0.476 e. The molecule has 9 nitrogen and oxygen atoms in total. The molecular formula is C19H26N4O5. The van der Waals surface area contributed by atoms with Crippen LogP contribution in [-0.4, -0.2) is 68.5 Å². The molecule has 9 heteroatoms. The van der Waals surface area contributed by atoms with Crippen molar-refractivity contribution in [1.29, 1.82) is 0 Å². The van der Waals surface area contributed by atoms with Gasteiger partial charge in [-0.3, -0.25) is 9.59 Å². The first-order chi connectivity index (χ1) is 13.5. The average molecular weight is 390 g/mol. The van der Waals surface area contributed by atoms with E-state index >= 15 is 0 Å². The molecule has 3 heterocycles. The first-order valence-electron chi connectivity index (χ1n) is 9.58. The Balaban J connectivity index is 1.49. The maximum absolute atomic E-state index is 12.7. The highest BCUT2D eigenvalue weighted by molar-refractivity contribution is 5.94. The normalized spacial score (nSPS) is 20.8. The zero-order chi connectivity index (χ0) is 19.7. The number of hydrogen-bond donors (Lipinski definition) is 2. The molecule has 152 valence electrons.